The van der Waals surface area contributed by atoms with Crippen molar-refractivity contribution < 1.29 is 9.32 Å². The summed E-state index contributed by atoms with van der Waals surface area (Å²) in [5.74, 6) is -0.0722. The summed E-state index contributed by atoms with van der Waals surface area (Å²) < 4.78 is 4.79. The first kappa shape index (κ1) is 9.89. The van der Waals surface area contributed by atoms with Crippen molar-refractivity contribution in [1.29, 1.82) is 0 Å². The molecule has 1 aromatic carbocycles. The monoisotopic (exact) mass is 229 g/mol. The largest absolute Gasteiger partial charge is 0.384 e. The van der Waals surface area contributed by atoms with Crippen LogP contribution >= 0.6 is 0 Å². The first-order chi connectivity index (χ1) is 8.33. The van der Waals surface area contributed by atoms with E-state index in [9.17, 15) is 4.79 Å². The fraction of sp³-hybridized carbons (Fsp3) is 0.167. The number of hydrogen-bond acceptors (Lipinski definition) is 4. The van der Waals surface area contributed by atoms with E-state index >= 15 is 0 Å². The molecule has 0 spiro atoms. The zero-order chi connectivity index (χ0) is 11.7. The van der Waals surface area contributed by atoms with Gasteiger partial charge in [0, 0.05) is 24.0 Å². The van der Waals surface area contributed by atoms with Crippen LogP contribution in [0.1, 0.15) is 16.1 Å². The number of benzene rings is 1. The van der Waals surface area contributed by atoms with Crippen LogP contribution in [-0.4, -0.2) is 17.6 Å². The molecule has 17 heavy (non-hydrogen) atoms. The number of nitrogens with zero attached hydrogens (tertiary/aromatic N) is 1. The molecule has 3 rings (SSSR count). The quantitative estimate of drug-likeness (QED) is 0.825. The van der Waals surface area contributed by atoms with Gasteiger partial charge in [-0.2, -0.15) is 0 Å². The van der Waals surface area contributed by atoms with Gasteiger partial charge in [-0.25, -0.2) is 0 Å². The molecule has 86 valence electrons. The Morgan fingerprint density at radius 1 is 1.41 bits per heavy atom. The van der Waals surface area contributed by atoms with E-state index in [1.807, 2.05) is 18.2 Å². The summed E-state index contributed by atoms with van der Waals surface area (Å²) in [6.45, 7) is 0.953. The summed E-state index contributed by atoms with van der Waals surface area (Å²) in [7, 11) is 0. The molecule has 5 heteroatoms. The van der Waals surface area contributed by atoms with Gasteiger partial charge in [-0.3, -0.25) is 4.79 Å². The number of nitrogens with one attached hydrogen (secondary N) is 2. The normalized spacial score (nSPS) is 12.9. The number of amides is 1. The number of hydrogen-bond donors (Lipinski definition) is 2. The van der Waals surface area contributed by atoms with Crippen LogP contribution in [-0.2, 0) is 6.42 Å². The molecular formula is C12H11N3O2. The molecule has 0 aliphatic carbocycles. The van der Waals surface area contributed by atoms with E-state index in [1.54, 1.807) is 0 Å². The van der Waals surface area contributed by atoms with Crippen molar-refractivity contribution in [3.63, 3.8) is 0 Å². The van der Waals surface area contributed by atoms with Gasteiger partial charge < -0.3 is 15.2 Å². The van der Waals surface area contributed by atoms with Crippen LogP contribution in [0.4, 0.5) is 11.4 Å². The minimum absolute atomic E-state index is 0.212. The molecule has 2 heterocycles. The van der Waals surface area contributed by atoms with E-state index in [1.165, 1.54) is 17.8 Å². The van der Waals surface area contributed by atoms with Crippen LogP contribution in [0.25, 0.3) is 0 Å². The summed E-state index contributed by atoms with van der Waals surface area (Å²) in [5.41, 5.74) is 3.14. The number of anilines is 2. The van der Waals surface area contributed by atoms with Crippen LogP contribution in [0.2, 0.25) is 0 Å². The van der Waals surface area contributed by atoms with Crippen molar-refractivity contribution in [2.75, 3.05) is 17.2 Å². The van der Waals surface area contributed by atoms with Crippen molar-refractivity contribution in [3.8, 4) is 0 Å². The van der Waals surface area contributed by atoms with Gasteiger partial charge in [0.2, 0.25) is 5.76 Å². The van der Waals surface area contributed by atoms with Gasteiger partial charge in [-0.1, -0.05) is 5.16 Å². The SMILES string of the molecule is O=C(Nc1ccc2c(c1)CCN2)c1ccno1. The van der Waals surface area contributed by atoms with Gasteiger partial charge in [-0.05, 0) is 30.2 Å². The minimum atomic E-state index is -0.284. The van der Waals surface area contributed by atoms with Gasteiger partial charge in [0.05, 0.1) is 6.20 Å². The van der Waals surface area contributed by atoms with Gasteiger partial charge >= 0.3 is 0 Å². The second-order valence-electron chi connectivity index (χ2n) is 3.88. The van der Waals surface area contributed by atoms with Crippen molar-refractivity contribution in [2.24, 2.45) is 0 Å². The lowest BCUT2D eigenvalue weighted by Gasteiger charge is -2.05. The molecule has 0 atom stereocenters. The highest BCUT2D eigenvalue weighted by molar-refractivity contribution is 6.02. The number of rotatable bonds is 2. The Kier molecular flexibility index (Phi) is 2.29. The molecule has 2 aromatic rings. The molecule has 5 nitrogen and oxygen atoms in total. The van der Waals surface area contributed by atoms with Gasteiger partial charge in [0.25, 0.3) is 5.91 Å². The highest BCUT2D eigenvalue weighted by Gasteiger charge is 2.13. The van der Waals surface area contributed by atoms with Gasteiger partial charge in [0.15, 0.2) is 0 Å². The average molecular weight is 229 g/mol. The zero-order valence-electron chi connectivity index (χ0n) is 9.06. The summed E-state index contributed by atoms with van der Waals surface area (Å²) in [6, 6.07) is 7.34. The maximum atomic E-state index is 11.7. The van der Waals surface area contributed by atoms with Crippen molar-refractivity contribution in [2.45, 2.75) is 6.42 Å². The fourth-order valence-corrected chi connectivity index (χ4v) is 1.91. The molecule has 1 aliphatic heterocycles. The second-order valence-corrected chi connectivity index (χ2v) is 3.88. The first-order valence-electron chi connectivity index (χ1n) is 5.42. The van der Waals surface area contributed by atoms with E-state index < -0.39 is 0 Å². The summed E-state index contributed by atoms with van der Waals surface area (Å²) >= 11 is 0. The zero-order valence-corrected chi connectivity index (χ0v) is 9.06. The number of carbonyl (C=O) groups excluding carboxylic acids is 1. The fourth-order valence-electron chi connectivity index (χ4n) is 1.91. The Balaban J connectivity index is 1.80. The van der Waals surface area contributed by atoms with Crippen LogP contribution < -0.4 is 10.6 Å². The third-order valence-electron chi connectivity index (χ3n) is 2.73. The summed E-state index contributed by atoms with van der Waals surface area (Å²) in [6.07, 6.45) is 2.43. The molecule has 1 aromatic heterocycles. The first-order valence-corrected chi connectivity index (χ1v) is 5.42. The molecule has 0 fully saturated rings. The Morgan fingerprint density at radius 3 is 3.18 bits per heavy atom. The Bertz CT molecular complexity index is 549. The molecule has 1 amide bonds. The predicted octanol–water partition coefficient (Wildman–Crippen LogP) is 1.89. The lowest BCUT2D eigenvalue weighted by atomic mass is 10.1. The van der Waals surface area contributed by atoms with E-state index in [2.05, 4.69) is 15.8 Å². The van der Waals surface area contributed by atoms with Crippen LogP contribution in [0.5, 0.6) is 0 Å². The maximum Gasteiger partial charge on any atom is 0.294 e. The van der Waals surface area contributed by atoms with Gasteiger partial charge in [-0.15, -0.1) is 0 Å². The highest BCUT2D eigenvalue weighted by atomic mass is 16.5. The predicted molar refractivity (Wildman–Crippen MR) is 63.1 cm³/mol. The molecular weight excluding hydrogens is 218 g/mol. The molecule has 2 N–H and O–H groups in total. The smallest absolute Gasteiger partial charge is 0.294 e. The van der Waals surface area contributed by atoms with Crippen LogP contribution in [0, 0.1) is 0 Å². The van der Waals surface area contributed by atoms with Crippen molar-refractivity contribution in [1.82, 2.24) is 5.16 Å². The highest BCUT2D eigenvalue weighted by Crippen LogP contribution is 2.25. The van der Waals surface area contributed by atoms with E-state index in [0.717, 1.165) is 24.3 Å². The van der Waals surface area contributed by atoms with Crippen molar-refractivity contribution >= 4 is 17.3 Å². The van der Waals surface area contributed by atoms with E-state index in [4.69, 9.17) is 4.52 Å². The molecule has 1 aliphatic rings. The van der Waals surface area contributed by atoms with E-state index in [-0.39, 0.29) is 11.7 Å². The average Bonchev–Trinajstić information content (AvgIpc) is 2.99. The molecule has 0 bridgehead atoms. The number of aromatic nitrogens is 1. The maximum absolute atomic E-state index is 11.7. The minimum Gasteiger partial charge on any atom is -0.384 e. The Labute approximate surface area is 97.8 Å². The summed E-state index contributed by atoms with van der Waals surface area (Å²) in [4.78, 5) is 11.7. The van der Waals surface area contributed by atoms with Gasteiger partial charge in [0.1, 0.15) is 0 Å². The number of fused-ring (bicyclic) bond motifs is 1. The molecule has 0 saturated heterocycles. The Morgan fingerprint density at radius 2 is 2.35 bits per heavy atom. The third kappa shape index (κ3) is 1.87. The number of carbonyl (C=O) groups is 1. The third-order valence-corrected chi connectivity index (χ3v) is 2.73. The lowest BCUT2D eigenvalue weighted by molar-refractivity contribution is 0.0988. The molecule has 0 saturated carbocycles. The van der Waals surface area contributed by atoms with Crippen molar-refractivity contribution in [3.05, 3.63) is 41.8 Å². The van der Waals surface area contributed by atoms with Crippen LogP contribution in [0.3, 0.4) is 0 Å². The molecule has 0 radical (unpaired) electrons. The van der Waals surface area contributed by atoms with E-state index in [0.29, 0.717) is 0 Å². The summed E-state index contributed by atoms with van der Waals surface area (Å²) in [5, 5.41) is 9.54. The van der Waals surface area contributed by atoms with Crippen LogP contribution in [0.15, 0.2) is 35.0 Å². The standard InChI is InChI=1S/C12H11N3O2/c16-12(11-4-6-14-17-11)15-9-1-2-10-8(7-9)3-5-13-10/h1-2,4,6-7,13H,3,5H2,(H,15,16). The molecule has 0 unspecified atom stereocenters. The topological polar surface area (TPSA) is 67.2 Å². The lowest BCUT2D eigenvalue weighted by Crippen LogP contribution is -2.10. The Hall–Kier alpha value is -2.30. The second kappa shape index (κ2) is 3.93.